The van der Waals surface area contributed by atoms with Gasteiger partial charge in [0, 0.05) is 12.6 Å². The zero-order valence-electron chi connectivity index (χ0n) is 10.0. The number of hydrogen-bond acceptors (Lipinski definition) is 4. The molecule has 0 bridgehead atoms. The molecule has 1 aromatic carbocycles. The van der Waals surface area contributed by atoms with Crippen molar-refractivity contribution >= 4 is 0 Å². The smallest absolute Gasteiger partial charge is 0.284 e. The van der Waals surface area contributed by atoms with Gasteiger partial charge in [0.1, 0.15) is 17.4 Å². The maximum absolute atomic E-state index is 11.6. The van der Waals surface area contributed by atoms with E-state index in [1.165, 1.54) is 13.1 Å². The van der Waals surface area contributed by atoms with Gasteiger partial charge in [0.05, 0.1) is 12.8 Å². The molecule has 0 fully saturated rings. The van der Waals surface area contributed by atoms with Crippen LogP contribution in [0.2, 0.25) is 0 Å². The standard InChI is InChI=1S/C13H11N3O2/c1-16-13(17)10(8-14)7-12(15-16)9-4-3-5-11(6-9)18-2/h3-7H,1-2H3. The van der Waals surface area contributed by atoms with Crippen LogP contribution < -0.4 is 10.3 Å². The second-order valence-electron chi connectivity index (χ2n) is 3.72. The fraction of sp³-hybridized carbons (Fsp3) is 0.154. The Morgan fingerprint density at radius 3 is 2.83 bits per heavy atom. The summed E-state index contributed by atoms with van der Waals surface area (Å²) in [4.78, 5) is 11.6. The van der Waals surface area contributed by atoms with E-state index >= 15 is 0 Å². The van der Waals surface area contributed by atoms with Crippen molar-refractivity contribution in [1.82, 2.24) is 9.78 Å². The lowest BCUT2D eigenvalue weighted by Crippen LogP contribution is -2.22. The van der Waals surface area contributed by atoms with Crippen LogP contribution >= 0.6 is 0 Å². The maximum Gasteiger partial charge on any atom is 0.284 e. The Kier molecular flexibility index (Phi) is 3.11. The van der Waals surface area contributed by atoms with Gasteiger partial charge in [0.25, 0.3) is 5.56 Å². The Hall–Kier alpha value is -2.61. The molecule has 1 aromatic heterocycles. The van der Waals surface area contributed by atoms with Crippen molar-refractivity contribution in [2.45, 2.75) is 0 Å². The Labute approximate surface area is 104 Å². The summed E-state index contributed by atoms with van der Waals surface area (Å²) < 4.78 is 6.29. The van der Waals surface area contributed by atoms with Crippen molar-refractivity contribution in [3.05, 3.63) is 46.2 Å². The number of nitrogens with zero attached hydrogens (tertiary/aromatic N) is 3. The summed E-state index contributed by atoms with van der Waals surface area (Å²) in [5.41, 5.74) is 1.03. The highest BCUT2D eigenvalue weighted by Gasteiger charge is 2.08. The summed E-state index contributed by atoms with van der Waals surface area (Å²) in [5, 5.41) is 13.0. The molecular formula is C13H11N3O2. The van der Waals surface area contributed by atoms with Crippen LogP contribution in [-0.4, -0.2) is 16.9 Å². The summed E-state index contributed by atoms with van der Waals surface area (Å²) in [6.07, 6.45) is 0. The number of nitriles is 1. The number of methoxy groups -OCH3 is 1. The molecule has 1 heterocycles. The van der Waals surface area contributed by atoms with Crippen molar-refractivity contribution in [3.63, 3.8) is 0 Å². The molecule has 18 heavy (non-hydrogen) atoms. The molecule has 0 saturated carbocycles. The van der Waals surface area contributed by atoms with E-state index in [-0.39, 0.29) is 5.56 Å². The number of hydrogen-bond donors (Lipinski definition) is 0. The molecule has 0 amide bonds. The van der Waals surface area contributed by atoms with Crippen LogP contribution in [0.3, 0.4) is 0 Å². The quantitative estimate of drug-likeness (QED) is 0.795. The number of ether oxygens (including phenoxy) is 1. The fourth-order valence-electron chi connectivity index (χ4n) is 1.61. The van der Waals surface area contributed by atoms with Gasteiger partial charge in [-0.25, -0.2) is 4.68 Å². The van der Waals surface area contributed by atoms with Crippen molar-refractivity contribution < 1.29 is 4.74 Å². The molecule has 0 aliphatic heterocycles. The molecule has 0 unspecified atom stereocenters. The van der Waals surface area contributed by atoms with E-state index in [0.29, 0.717) is 11.4 Å². The van der Waals surface area contributed by atoms with Gasteiger partial charge < -0.3 is 4.74 Å². The van der Waals surface area contributed by atoms with E-state index in [9.17, 15) is 4.79 Å². The van der Waals surface area contributed by atoms with E-state index in [1.54, 1.807) is 13.2 Å². The Morgan fingerprint density at radius 2 is 2.17 bits per heavy atom. The lowest BCUT2D eigenvalue weighted by Gasteiger charge is -2.05. The number of benzene rings is 1. The van der Waals surface area contributed by atoms with Crippen molar-refractivity contribution in [2.75, 3.05) is 7.11 Å². The average molecular weight is 241 g/mol. The molecule has 2 rings (SSSR count). The lowest BCUT2D eigenvalue weighted by atomic mass is 10.1. The van der Waals surface area contributed by atoms with E-state index < -0.39 is 5.56 Å². The first-order chi connectivity index (χ1) is 8.65. The third kappa shape index (κ3) is 2.09. The summed E-state index contributed by atoms with van der Waals surface area (Å²) in [6, 6.07) is 10.6. The molecule has 0 spiro atoms. The van der Waals surface area contributed by atoms with E-state index in [0.717, 1.165) is 10.2 Å². The second kappa shape index (κ2) is 4.72. The van der Waals surface area contributed by atoms with Crippen LogP contribution in [-0.2, 0) is 7.05 Å². The van der Waals surface area contributed by atoms with Gasteiger partial charge in [-0.2, -0.15) is 10.4 Å². The molecule has 0 saturated heterocycles. The lowest BCUT2D eigenvalue weighted by molar-refractivity contribution is 0.415. The number of rotatable bonds is 2. The van der Waals surface area contributed by atoms with Crippen molar-refractivity contribution in [3.8, 4) is 23.1 Å². The summed E-state index contributed by atoms with van der Waals surface area (Å²) in [5.74, 6) is 0.696. The zero-order valence-corrected chi connectivity index (χ0v) is 10.0. The van der Waals surface area contributed by atoms with Crippen LogP contribution in [0.1, 0.15) is 5.56 Å². The van der Waals surface area contributed by atoms with Gasteiger partial charge >= 0.3 is 0 Å². The number of aromatic nitrogens is 2. The van der Waals surface area contributed by atoms with E-state index in [2.05, 4.69) is 5.10 Å². The Bertz CT molecular complexity index is 683. The molecule has 0 aliphatic rings. The molecular weight excluding hydrogens is 230 g/mol. The van der Waals surface area contributed by atoms with Gasteiger partial charge in [-0.15, -0.1) is 0 Å². The highest BCUT2D eigenvalue weighted by Crippen LogP contribution is 2.21. The SMILES string of the molecule is COc1cccc(-c2cc(C#N)c(=O)n(C)n2)c1. The molecule has 0 radical (unpaired) electrons. The predicted molar refractivity (Wildman–Crippen MR) is 66.2 cm³/mol. The van der Waals surface area contributed by atoms with Crippen molar-refractivity contribution in [1.29, 1.82) is 5.26 Å². The molecule has 5 heteroatoms. The van der Waals surface area contributed by atoms with Crippen LogP contribution in [0.4, 0.5) is 0 Å². The molecule has 90 valence electrons. The van der Waals surface area contributed by atoms with Crippen LogP contribution in [0.25, 0.3) is 11.3 Å². The summed E-state index contributed by atoms with van der Waals surface area (Å²) in [6.45, 7) is 0. The zero-order chi connectivity index (χ0) is 13.1. The third-order valence-electron chi connectivity index (χ3n) is 2.55. The molecule has 0 N–H and O–H groups in total. The van der Waals surface area contributed by atoms with Gasteiger partial charge in [-0.1, -0.05) is 12.1 Å². The summed E-state index contributed by atoms with van der Waals surface area (Å²) >= 11 is 0. The minimum Gasteiger partial charge on any atom is -0.497 e. The van der Waals surface area contributed by atoms with Gasteiger partial charge in [-0.05, 0) is 18.2 Å². The molecule has 5 nitrogen and oxygen atoms in total. The van der Waals surface area contributed by atoms with Gasteiger partial charge in [-0.3, -0.25) is 4.79 Å². The molecule has 0 aliphatic carbocycles. The highest BCUT2D eigenvalue weighted by molar-refractivity contribution is 5.62. The Morgan fingerprint density at radius 1 is 1.39 bits per heavy atom. The third-order valence-corrected chi connectivity index (χ3v) is 2.55. The van der Waals surface area contributed by atoms with Crippen molar-refractivity contribution in [2.24, 2.45) is 7.05 Å². The van der Waals surface area contributed by atoms with Crippen LogP contribution in [0, 0.1) is 11.3 Å². The van der Waals surface area contributed by atoms with Crippen LogP contribution in [0.15, 0.2) is 35.1 Å². The van der Waals surface area contributed by atoms with E-state index in [4.69, 9.17) is 10.00 Å². The first kappa shape index (κ1) is 11.9. The normalized spacial score (nSPS) is 9.83. The first-order valence-electron chi connectivity index (χ1n) is 5.28. The predicted octanol–water partition coefficient (Wildman–Crippen LogP) is 1.33. The molecule has 0 atom stereocenters. The van der Waals surface area contributed by atoms with E-state index in [1.807, 2.05) is 24.3 Å². The second-order valence-corrected chi connectivity index (χ2v) is 3.72. The van der Waals surface area contributed by atoms with Gasteiger partial charge in [0.2, 0.25) is 0 Å². The molecule has 2 aromatic rings. The van der Waals surface area contributed by atoms with Gasteiger partial charge in [0.15, 0.2) is 0 Å². The minimum absolute atomic E-state index is 0.0744. The van der Waals surface area contributed by atoms with Crippen LogP contribution in [0.5, 0.6) is 5.75 Å². The largest absolute Gasteiger partial charge is 0.497 e. The Balaban J connectivity index is 2.61. The summed E-state index contributed by atoms with van der Waals surface area (Å²) in [7, 11) is 3.10. The highest BCUT2D eigenvalue weighted by atomic mass is 16.5. The first-order valence-corrected chi connectivity index (χ1v) is 5.28. The topological polar surface area (TPSA) is 67.9 Å². The maximum atomic E-state index is 11.6. The minimum atomic E-state index is -0.399. The monoisotopic (exact) mass is 241 g/mol. The fourth-order valence-corrected chi connectivity index (χ4v) is 1.61. The average Bonchev–Trinajstić information content (AvgIpc) is 2.41. The number of aryl methyl sites for hydroxylation is 1.